The summed E-state index contributed by atoms with van der Waals surface area (Å²) in [6.45, 7) is 1.98. The quantitative estimate of drug-likeness (QED) is 0.809. The van der Waals surface area contributed by atoms with Crippen LogP contribution in [0.1, 0.15) is 25.7 Å². The van der Waals surface area contributed by atoms with Crippen LogP contribution in [0.25, 0.3) is 0 Å². The summed E-state index contributed by atoms with van der Waals surface area (Å²) in [5.41, 5.74) is 0. The standard InChI is InChI=1S/C13H21F3N2O2.ClH/c14-13(15,16)3-5-18(8-10-1-2-10)12(19)7-11-9-20-6-4-17-11;/h10-11,17H,1-9H2;1H. The number of alkyl halides is 3. The molecule has 1 aliphatic carbocycles. The number of nitrogens with one attached hydrogen (secondary N) is 1. The van der Waals surface area contributed by atoms with Crippen molar-refractivity contribution in [1.29, 1.82) is 0 Å². The monoisotopic (exact) mass is 330 g/mol. The normalized spacial score (nSPS) is 22.5. The van der Waals surface area contributed by atoms with Crippen LogP contribution in [-0.2, 0) is 9.53 Å². The first-order valence-electron chi connectivity index (χ1n) is 7.10. The summed E-state index contributed by atoms with van der Waals surface area (Å²) >= 11 is 0. The van der Waals surface area contributed by atoms with Gasteiger partial charge in [0.15, 0.2) is 0 Å². The van der Waals surface area contributed by atoms with E-state index in [1.54, 1.807) is 0 Å². The molecule has 0 bridgehead atoms. The molecule has 1 saturated heterocycles. The summed E-state index contributed by atoms with van der Waals surface area (Å²) in [5.74, 6) is 0.187. The Kier molecular flexibility index (Phi) is 7.23. The molecule has 1 atom stereocenters. The largest absolute Gasteiger partial charge is 0.390 e. The minimum Gasteiger partial charge on any atom is -0.378 e. The van der Waals surface area contributed by atoms with Gasteiger partial charge in [0.05, 0.1) is 19.6 Å². The molecular formula is C13H22ClF3N2O2. The second-order valence-electron chi connectivity index (χ2n) is 5.58. The van der Waals surface area contributed by atoms with Crippen LogP contribution in [-0.4, -0.2) is 55.9 Å². The number of morpholine rings is 1. The molecule has 0 aromatic rings. The van der Waals surface area contributed by atoms with Gasteiger partial charge in [-0.15, -0.1) is 12.4 Å². The SMILES string of the molecule is Cl.O=C(CC1COCCN1)N(CCC(F)(F)F)CC1CC1. The number of ether oxygens (including phenoxy) is 1. The lowest BCUT2D eigenvalue weighted by molar-refractivity contribution is -0.146. The van der Waals surface area contributed by atoms with E-state index < -0.39 is 12.6 Å². The van der Waals surface area contributed by atoms with E-state index in [0.717, 1.165) is 12.8 Å². The molecule has 0 radical (unpaired) electrons. The van der Waals surface area contributed by atoms with Gasteiger partial charge in [-0.1, -0.05) is 0 Å². The zero-order valence-corrected chi connectivity index (χ0v) is 12.6. The topological polar surface area (TPSA) is 41.6 Å². The third-order valence-corrected chi connectivity index (χ3v) is 3.61. The number of amides is 1. The van der Waals surface area contributed by atoms with Gasteiger partial charge in [0.1, 0.15) is 0 Å². The molecule has 2 fully saturated rings. The first-order chi connectivity index (χ1) is 9.44. The Hall–Kier alpha value is -0.530. The smallest absolute Gasteiger partial charge is 0.378 e. The van der Waals surface area contributed by atoms with E-state index in [4.69, 9.17) is 4.74 Å². The Bertz CT molecular complexity index is 332. The van der Waals surface area contributed by atoms with Crippen LogP contribution in [0.5, 0.6) is 0 Å². The first-order valence-corrected chi connectivity index (χ1v) is 7.10. The summed E-state index contributed by atoms with van der Waals surface area (Å²) < 4.78 is 42.2. The molecule has 0 spiro atoms. The summed E-state index contributed by atoms with van der Waals surface area (Å²) in [7, 11) is 0. The summed E-state index contributed by atoms with van der Waals surface area (Å²) in [6, 6.07) is -0.0798. The van der Waals surface area contributed by atoms with Crippen molar-refractivity contribution in [3.8, 4) is 0 Å². The molecule has 1 heterocycles. The average Bonchev–Trinajstić information content (AvgIpc) is 3.18. The summed E-state index contributed by atoms with van der Waals surface area (Å²) in [5, 5.41) is 3.15. The Morgan fingerprint density at radius 3 is 2.57 bits per heavy atom. The number of carbonyl (C=O) groups excluding carboxylic acids is 1. The highest BCUT2D eigenvalue weighted by Crippen LogP contribution is 2.30. The lowest BCUT2D eigenvalue weighted by Gasteiger charge is -2.28. The van der Waals surface area contributed by atoms with Gasteiger partial charge in [0, 0.05) is 32.1 Å². The van der Waals surface area contributed by atoms with Gasteiger partial charge in [0.25, 0.3) is 0 Å². The van der Waals surface area contributed by atoms with Crippen LogP contribution in [0.2, 0.25) is 0 Å². The molecule has 0 aromatic heterocycles. The third kappa shape index (κ3) is 7.33. The highest BCUT2D eigenvalue weighted by molar-refractivity contribution is 5.85. The van der Waals surface area contributed by atoms with Gasteiger partial charge in [-0.3, -0.25) is 4.79 Å². The zero-order valence-electron chi connectivity index (χ0n) is 11.8. The lowest BCUT2D eigenvalue weighted by atomic mass is 10.1. The molecule has 0 aromatic carbocycles. The number of nitrogens with zero attached hydrogens (tertiary/aromatic N) is 1. The third-order valence-electron chi connectivity index (χ3n) is 3.61. The van der Waals surface area contributed by atoms with Gasteiger partial charge < -0.3 is 15.0 Å². The van der Waals surface area contributed by atoms with Crippen LogP contribution in [0, 0.1) is 5.92 Å². The summed E-state index contributed by atoms with van der Waals surface area (Å²) in [6.07, 6.45) is -2.90. The minimum absolute atomic E-state index is 0. The number of halogens is 4. The van der Waals surface area contributed by atoms with Gasteiger partial charge in [0.2, 0.25) is 5.91 Å². The molecule has 2 aliphatic rings. The van der Waals surface area contributed by atoms with Crippen LogP contribution < -0.4 is 5.32 Å². The maximum Gasteiger partial charge on any atom is 0.390 e. The highest BCUT2D eigenvalue weighted by Gasteiger charge is 2.32. The Morgan fingerprint density at radius 2 is 2.05 bits per heavy atom. The van der Waals surface area contributed by atoms with Crippen LogP contribution in [0.4, 0.5) is 13.2 Å². The number of rotatable bonds is 6. The van der Waals surface area contributed by atoms with E-state index in [1.807, 2.05) is 0 Å². The Morgan fingerprint density at radius 1 is 1.33 bits per heavy atom. The molecule has 4 nitrogen and oxygen atoms in total. The van der Waals surface area contributed by atoms with E-state index in [1.165, 1.54) is 4.90 Å². The lowest BCUT2D eigenvalue weighted by Crippen LogP contribution is -2.46. The van der Waals surface area contributed by atoms with Gasteiger partial charge >= 0.3 is 6.18 Å². The van der Waals surface area contributed by atoms with Crippen molar-refractivity contribution in [2.45, 2.75) is 37.9 Å². The fourth-order valence-corrected chi connectivity index (χ4v) is 2.28. The van der Waals surface area contributed by atoms with Gasteiger partial charge in [-0.2, -0.15) is 13.2 Å². The summed E-state index contributed by atoms with van der Waals surface area (Å²) in [4.78, 5) is 13.5. The maximum atomic E-state index is 12.3. The molecule has 1 amide bonds. The predicted molar refractivity (Wildman–Crippen MR) is 74.5 cm³/mol. The van der Waals surface area contributed by atoms with Gasteiger partial charge in [-0.25, -0.2) is 0 Å². The van der Waals surface area contributed by atoms with E-state index in [-0.39, 0.29) is 37.3 Å². The number of hydrogen-bond donors (Lipinski definition) is 1. The van der Waals surface area contributed by atoms with E-state index in [0.29, 0.717) is 32.2 Å². The second kappa shape index (κ2) is 8.19. The van der Waals surface area contributed by atoms with Crippen molar-refractivity contribution in [1.82, 2.24) is 10.2 Å². The molecule has 124 valence electrons. The number of hydrogen-bond acceptors (Lipinski definition) is 3. The van der Waals surface area contributed by atoms with E-state index in [9.17, 15) is 18.0 Å². The molecular weight excluding hydrogens is 309 g/mol. The zero-order chi connectivity index (χ0) is 14.6. The first kappa shape index (κ1) is 18.5. The molecule has 2 rings (SSSR count). The number of carbonyl (C=O) groups is 1. The van der Waals surface area contributed by atoms with Crippen molar-refractivity contribution in [2.75, 3.05) is 32.8 Å². The van der Waals surface area contributed by atoms with Crippen molar-refractivity contribution in [2.24, 2.45) is 5.92 Å². The van der Waals surface area contributed by atoms with Gasteiger partial charge in [-0.05, 0) is 18.8 Å². The average molecular weight is 331 g/mol. The van der Waals surface area contributed by atoms with E-state index >= 15 is 0 Å². The molecule has 21 heavy (non-hydrogen) atoms. The van der Waals surface area contributed by atoms with Crippen molar-refractivity contribution < 1.29 is 22.7 Å². The fourth-order valence-electron chi connectivity index (χ4n) is 2.28. The van der Waals surface area contributed by atoms with Crippen LogP contribution >= 0.6 is 12.4 Å². The minimum atomic E-state index is -4.21. The molecule has 1 aliphatic heterocycles. The van der Waals surface area contributed by atoms with Crippen LogP contribution in [0.3, 0.4) is 0 Å². The Labute approximate surface area is 128 Å². The predicted octanol–water partition coefficient (Wildman–Crippen LogP) is 1.98. The van der Waals surface area contributed by atoms with Crippen molar-refractivity contribution in [3.05, 3.63) is 0 Å². The molecule has 1 unspecified atom stereocenters. The molecule has 1 N–H and O–H groups in total. The highest BCUT2D eigenvalue weighted by atomic mass is 35.5. The van der Waals surface area contributed by atoms with Crippen molar-refractivity contribution >= 4 is 18.3 Å². The van der Waals surface area contributed by atoms with Crippen LogP contribution in [0.15, 0.2) is 0 Å². The molecule has 8 heteroatoms. The maximum absolute atomic E-state index is 12.3. The van der Waals surface area contributed by atoms with Crippen molar-refractivity contribution in [3.63, 3.8) is 0 Å². The van der Waals surface area contributed by atoms with E-state index in [2.05, 4.69) is 5.32 Å². The second-order valence-corrected chi connectivity index (χ2v) is 5.58. The molecule has 1 saturated carbocycles. The Balaban J connectivity index is 0.00000220. The fraction of sp³-hybridized carbons (Fsp3) is 0.923.